The number of amides is 2. The van der Waals surface area contributed by atoms with Crippen LogP contribution in [0.1, 0.15) is 32.9 Å². The molecule has 0 saturated carbocycles. The van der Waals surface area contributed by atoms with Crippen LogP contribution in [0.3, 0.4) is 0 Å². The monoisotopic (exact) mass is 470 g/mol. The van der Waals surface area contributed by atoms with Gasteiger partial charge in [0.05, 0.1) is 24.9 Å². The van der Waals surface area contributed by atoms with E-state index in [2.05, 4.69) is 20.4 Å². The Kier molecular flexibility index (Phi) is 6.66. The van der Waals surface area contributed by atoms with Crippen molar-refractivity contribution in [1.29, 1.82) is 0 Å². The number of hydrogen-bond acceptors (Lipinski definition) is 8. The van der Waals surface area contributed by atoms with Crippen LogP contribution in [0.2, 0.25) is 0 Å². The molecule has 4 rings (SSSR count). The lowest BCUT2D eigenvalue weighted by Crippen LogP contribution is -2.46. The Bertz CT molecular complexity index is 1200. The number of hydrogen-bond donors (Lipinski definition) is 1. The minimum atomic E-state index is -0.721. The average molecular weight is 471 g/mol. The molecule has 34 heavy (non-hydrogen) atoms. The van der Waals surface area contributed by atoms with Gasteiger partial charge in [0.25, 0.3) is 0 Å². The van der Waals surface area contributed by atoms with Crippen LogP contribution in [0.25, 0.3) is 22.6 Å². The van der Waals surface area contributed by atoms with Gasteiger partial charge >= 0.3 is 12.0 Å². The molecule has 1 saturated heterocycles. The number of esters is 1. The second-order valence-electron chi connectivity index (χ2n) is 8.20. The highest BCUT2D eigenvalue weighted by Gasteiger charge is 2.31. The lowest BCUT2D eigenvalue weighted by atomic mass is 10.2. The van der Waals surface area contributed by atoms with Gasteiger partial charge in [0.15, 0.2) is 11.2 Å². The van der Waals surface area contributed by atoms with E-state index in [1.165, 1.54) is 6.33 Å². The smallest absolute Gasteiger partial charge is 0.328 e. The third-order valence-electron chi connectivity index (χ3n) is 5.96. The zero-order valence-corrected chi connectivity index (χ0v) is 20.1. The summed E-state index contributed by atoms with van der Waals surface area (Å²) in [5.41, 5.74) is 3.15. The standard InChI is InChI=1S/C22H30N8O4/c1-6-30-14(4)16(10-25-30)18-27-17-19(28(18)5)23-12-24-20(17)34-15-8-9-29(11-15)22(32)26-13(3)21(31)33-7-2/h10,12-13,15H,6-9,11H2,1-5H3,(H,26,32)/t13?,15-/m0/s1. The van der Waals surface area contributed by atoms with Crippen molar-refractivity contribution in [1.82, 2.24) is 39.5 Å². The first-order valence-electron chi connectivity index (χ1n) is 11.4. The maximum absolute atomic E-state index is 12.5. The van der Waals surface area contributed by atoms with E-state index in [-0.39, 0.29) is 18.7 Å². The van der Waals surface area contributed by atoms with Gasteiger partial charge in [-0.3, -0.25) is 4.68 Å². The van der Waals surface area contributed by atoms with E-state index >= 15 is 0 Å². The molecular weight excluding hydrogens is 440 g/mol. The molecule has 2 amide bonds. The first-order valence-corrected chi connectivity index (χ1v) is 11.4. The highest BCUT2D eigenvalue weighted by molar-refractivity contribution is 5.83. The van der Waals surface area contributed by atoms with Crippen molar-refractivity contribution < 1.29 is 19.1 Å². The van der Waals surface area contributed by atoms with E-state index in [9.17, 15) is 9.59 Å². The van der Waals surface area contributed by atoms with Crippen LogP contribution in [0.5, 0.6) is 5.88 Å². The van der Waals surface area contributed by atoms with Crippen LogP contribution in [-0.2, 0) is 23.1 Å². The van der Waals surface area contributed by atoms with Crippen LogP contribution < -0.4 is 10.1 Å². The number of urea groups is 1. The zero-order valence-electron chi connectivity index (χ0n) is 20.1. The number of rotatable bonds is 7. The molecule has 1 N–H and O–H groups in total. The molecule has 12 nitrogen and oxygen atoms in total. The normalized spacial score (nSPS) is 16.6. The summed E-state index contributed by atoms with van der Waals surface area (Å²) < 4.78 is 14.9. The van der Waals surface area contributed by atoms with Crippen molar-refractivity contribution in [3.8, 4) is 17.3 Å². The molecule has 12 heteroatoms. The Morgan fingerprint density at radius 3 is 2.79 bits per heavy atom. The summed E-state index contributed by atoms with van der Waals surface area (Å²) >= 11 is 0. The van der Waals surface area contributed by atoms with E-state index in [0.29, 0.717) is 36.6 Å². The zero-order chi connectivity index (χ0) is 24.4. The molecule has 3 aromatic heterocycles. The molecular formula is C22H30N8O4. The average Bonchev–Trinajstić information content (AvgIpc) is 3.52. The van der Waals surface area contributed by atoms with Gasteiger partial charge in [-0.15, -0.1) is 0 Å². The topological polar surface area (TPSA) is 129 Å². The van der Waals surface area contributed by atoms with Crippen molar-refractivity contribution in [2.24, 2.45) is 7.05 Å². The van der Waals surface area contributed by atoms with Crippen molar-refractivity contribution in [2.45, 2.75) is 52.8 Å². The lowest BCUT2D eigenvalue weighted by molar-refractivity contribution is -0.144. The van der Waals surface area contributed by atoms with E-state index in [0.717, 1.165) is 23.6 Å². The number of nitrogens with zero attached hydrogens (tertiary/aromatic N) is 7. The quantitative estimate of drug-likeness (QED) is 0.516. The first-order chi connectivity index (χ1) is 16.3. The minimum absolute atomic E-state index is 0.253. The summed E-state index contributed by atoms with van der Waals surface area (Å²) in [7, 11) is 1.90. The molecule has 0 bridgehead atoms. The second-order valence-corrected chi connectivity index (χ2v) is 8.20. The number of carbonyl (C=O) groups excluding carboxylic acids is 2. The number of imidazole rings is 1. The predicted molar refractivity (Wildman–Crippen MR) is 123 cm³/mol. The summed E-state index contributed by atoms with van der Waals surface area (Å²) in [5.74, 6) is 0.648. The summed E-state index contributed by atoms with van der Waals surface area (Å²) in [6.45, 7) is 9.28. The third-order valence-corrected chi connectivity index (χ3v) is 5.96. The predicted octanol–water partition coefficient (Wildman–Crippen LogP) is 1.67. The molecule has 182 valence electrons. The third kappa shape index (κ3) is 4.39. The van der Waals surface area contributed by atoms with Crippen molar-refractivity contribution in [3.05, 3.63) is 18.2 Å². The number of likely N-dealkylation sites (tertiary alicyclic amines) is 1. The van der Waals surface area contributed by atoms with Crippen molar-refractivity contribution in [2.75, 3.05) is 19.7 Å². The van der Waals surface area contributed by atoms with Crippen LogP contribution >= 0.6 is 0 Å². The van der Waals surface area contributed by atoms with Crippen molar-refractivity contribution in [3.63, 3.8) is 0 Å². The molecule has 1 fully saturated rings. The maximum atomic E-state index is 12.5. The molecule has 3 aromatic rings. The van der Waals surface area contributed by atoms with Crippen LogP contribution in [-0.4, -0.2) is 78.0 Å². The summed E-state index contributed by atoms with van der Waals surface area (Å²) in [4.78, 5) is 39.4. The largest absolute Gasteiger partial charge is 0.471 e. The molecule has 0 radical (unpaired) electrons. The van der Waals surface area contributed by atoms with Crippen LogP contribution in [0, 0.1) is 6.92 Å². The molecule has 4 heterocycles. The summed E-state index contributed by atoms with van der Waals surface area (Å²) in [5, 5.41) is 7.09. The molecule has 0 aromatic carbocycles. The number of aromatic nitrogens is 6. The number of aryl methyl sites for hydroxylation is 2. The molecule has 2 atom stereocenters. The Morgan fingerprint density at radius 1 is 1.29 bits per heavy atom. The summed E-state index contributed by atoms with van der Waals surface area (Å²) in [6.07, 6.45) is 3.64. The Hall–Kier alpha value is -3.70. The van der Waals surface area contributed by atoms with Crippen LogP contribution in [0.4, 0.5) is 4.79 Å². The maximum Gasteiger partial charge on any atom is 0.328 e. The number of carbonyl (C=O) groups is 2. The molecule has 1 aliphatic rings. The number of ether oxygens (including phenoxy) is 2. The van der Waals surface area contributed by atoms with E-state index < -0.39 is 12.0 Å². The fraction of sp³-hybridized carbons (Fsp3) is 0.545. The Labute approximate surface area is 197 Å². The van der Waals surface area contributed by atoms with E-state index in [1.54, 1.807) is 24.9 Å². The van der Waals surface area contributed by atoms with E-state index in [1.807, 2.05) is 30.1 Å². The van der Waals surface area contributed by atoms with Gasteiger partial charge in [-0.1, -0.05) is 0 Å². The van der Waals surface area contributed by atoms with Gasteiger partial charge in [0.1, 0.15) is 24.3 Å². The van der Waals surface area contributed by atoms with Crippen molar-refractivity contribution >= 4 is 23.2 Å². The highest BCUT2D eigenvalue weighted by Crippen LogP contribution is 2.29. The van der Waals surface area contributed by atoms with E-state index in [4.69, 9.17) is 14.5 Å². The number of nitrogens with one attached hydrogen (secondary N) is 1. The molecule has 0 aliphatic carbocycles. The van der Waals surface area contributed by atoms with Crippen LogP contribution in [0.15, 0.2) is 12.5 Å². The fourth-order valence-electron chi connectivity index (χ4n) is 4.06. The lowest BCUT2D eigenvalue weighted by Gasteiger charge is -2.20. The van der Waals surface area contributed by atoms with Gasteiger partial charge in [0.2, 0.25) is 5.88 Å². The van der Waals surface area contributed by atoms with Gasteiger partial charge < -0.3 is 24.3 Å². The molecule has 1 aliphatic heterocycles. The van der Waals surface area contributed by atoms with Gasteiger partial charge in [-0.2, -0.15) is 10.1 Å². The molecule has 1 unspecified atom stereocenters. The minimum Gasteiger partial charge on any atom is -0.471 e. The SMILES string of the molecule is CCOC(=O)C(C)NC(=O)N1CC[C@H](Oc2ncnc3c2nc(-c2cnn(CC)c2C)n3C)C1. The molecule has 0 spiro atoms. The Morgan fingerprint density at radius 2 is 2.09 bits per heavy atom. The number of fused-ring (bicyclic) bond motifs is 1. The van der Waals surface area contributed by atoms with Gasteiger partial charge in [-0.25, -0.2) is 19.6 Å². The fourth-order valence-corrected chi connectivity index (χ4v) is 4.06. The van der Waals surface area contributed by atoms with Gasteiger partial charge in [0, 0.05) is 32.3 Å². The summed E-state index contributed by atoms with van der Waals surface area (Å²) in [6, 6.07) is -1.05. The highest BCUT2D eigenvalue weighted by atomic mass is 16.5. The van der Waals surface area contributed by atoms with Gasteiger partial charge in [-0.05, 0) is 27.7 Å². The first kappa shape index (κ1) is 23.5. The Balaban J connectivity index is 1.48. The second kappa shape index (κ2) is 9.65.